The second-order valence-corrected chi connectivity index (χ2v) is 11.7. The average molecular weight is 559 g/mol. The molecule has 2 aliphatic rings. The Labute approximate surface area is 232 Å². The number of benzene rings is 4. The molecule has 4 aromatic carbocycles. The van der Waals surface area contributed by atoms with Gasteiger partial charge in [0.25, 0.3) is 10.0 Å². The highest BCUT2D eigenvalue weighted by molar-refractivity contribution is 7.92. The van der Waals surface area contributed by atoms with E-state index < -0.39 is 10.0 Å². The van der Waals surface area contributed by atoms with Crippen LogP contribution < -0.4 is 15.0 Å². The van der Waals surface area contributed by atoms with Crippen molar-refractivity contribution in [3.8, 4) is 0 Å². The van der Waals surface area contributed by atoms with Gasteiger partial charge in [0.05, 0.1) is 22.3 Å². The zero-order chi connectivity index (χ0) is 26.3. The molecule has 6 rings (SSSR count). The summed E-state index contributed by atoms with van der Waals surface area (Å²) >= 11 is 11.4. The number of para-hydroxylation sites is 1. The summed E-state index contributed by atoms with van der Waals surface area (Å²) in [4.78, 5) is 0.110. The standard InChI is InChI=1S/C29H23ClN4O2S2/c30-21-12-10-19(11-13-21)28-26-18-20-6-4-5-9-25(20)27(26)32-34(28)23-14-16-24(17-15-23)38(35,36)33-29(37)31-22-7-2-1-3-8-22/h1-17,26,28H,18H2,(H2,31,33,37). The molecule has 1 aliphatic carbocycles. The number of hydrogen-bond acceptors (Lipinski definition) is 5. The third-order valence-corrected chi connectivity index (χ3v) is 8.78. The minimum Gasteiger partial charge on any atom is -0.332 e. The highest BCUT2D eigenvalue weighted by atomic mass is 35.5. The summed E-state index contributed by atoms with van der Waals surface area (Å²) in [5.74, 6) is 0.181. The van der Waals surface area contributed by atoms with Gasteiger partial charge in [-0.1, -0.05) is 66.2 Å². The average Bonchev–Trinajstić information content (AvgIpc) is 3.46. The fourth-order valence-electron chi connectivity index (χ4n) is 5.11. The molecule has 0 amide bonds. The van der Waals surface area contributed by atoms with E-state index in [1.54, 1.807) is 36.4 Å². The summed E-state index contributed by atoms with van der Waals surface area (Å²) < 4.78 is 28.4. The molecule has 0 aromatic heterocycles. The van der Waals surface area contributed by atoms with Crippen LogP contribution in [0.5, 0.6) is 0 Å². The van der Waals surface area contributed by atoms with Crippen molar-refractivity contribution >= 4 is 56.0 Å². The summed E-state index contributed by atoms with van der Waals surface area (Å²) in [7, 11) is -3.87. The maximum Gasteiger partial charge on any atom is 0.263 e. The Hall–Kier alpha value is -3.72. The fraction of sp³-hybridized carbons (Fsp3) is 0.103. The molecule has 6 nitrogen and oxygen atoms in total. The van der Waals surface area contributed by atoms with Crippen molar-refractivity contribution in [2.24, 2.45) is 11.0 Å². The smallest absolute Gasteiger partial charge is 0.263 e. The minimum atomic E-state index is -3.87. The van der Waals surface area contributed by atoms with Crippen molar-refractivity contribution in [1.82, 2.24) is 4.72 Å². The van der Waals surface area contributed by atoms with E-state index in [0.29, 0.717) is 10.7 Å². The lowest BCUT2D eigenvalue weighted by molar-refractivity contribution is 0.556. The first-order chi connectivity index (χ1) is 18.4. The second kappa shape index (κ2) is 9.87. The van der Waals surface area contributed by atoms with Crippen LogP contribution in [0.25, 0.3) is 0 Å². The zero-order valence-electron chi connectivity index (χ0n) is 20.1. The van der Waals surface area contributed by atoms with Gasteiger partial charge in [-0.25, -0.2) is 8.42 Å². The molecule has 1 heterocycles. The number of rotatable bonds is 5. The van der Waals surface area contributed by atoms with Gasteiger partial charge >= 0.3 is 0 Å². The molecule has 0 radical (unpaired) electrons. The number of hydrazone groups is 1. The number of nitrogens with zero attached hydrogens (tertiary/aromatic N) is 2. The molecule has 4 aromatic rings. The second-order valence-electron chi connectivity index (χ2n) is 9.21. The van der Waals surface area contributed by atoms with E-state index in [2.05, 4.69) is 28.2 Å². The lowest BCUT2D eigenvalue weighted by Gasteiger charge is -2.28. The van der Waals surface area contributed by atoms with Crippen molar-refractivity contribution in [1.29, 1.82) is 0 Å². The molecular weight excluding hydrogens is 536 g/mol. The van der Waals surface area contributed by atoms with E-state index in [1.165, 1.54) is 11.1 Å². The number of nitrogens with one attached hydrogen (secondary N) is 2. The third-order valence-electron chi connectivity index (χ3n) is 6.83. The highest BCUT2D eigenvalue weighted by Gasteiger charge is 2.44. The Balaban J connectivity index is 1.28. The largest absolute Gasteiger partial charge is 0.332 e. The van der Waals surface area contributed by atoms with E-state index in [1.807, 2.05) is 53.5 Å². The van der Waals surface area contributed by atoms with Crippen LogP contribution in [-0.2, 0) is 16.4 Å². The minimum absolute atomic E-state index is 0.000474. The van der Waals surface area contributed by atoms with Crippen LogP contribution in [0.1, 0.15) is 22.7 Å². The molecule has 0 saturated carbocycles. The van der Waals surface area contributed by atoms with Crippen LogP contribution in [0.3, 0.4) is 0 Å². The van der Waals surface area contributed by atoms with Crippen molar-refractivity contribution in [2.45, 2.75) is 17.4 Å². The molecule has 2 atom stereocenters. The lowest BCUT2D eigenvalue weighted by Crippen LogP contribution is -2.34. The topological polar surface area (TPSA) is 73.8 Å². The Kier molecular flexibility index (Phi) is 6.39. The summed E-state index contributed by atoms with van der Waals surface area (Å²) in [5.41, 5.74) is 6.11. The van der Waals surface area contributed by atoms with Gasteiger partial charge in [-0.05, 0) is 78.3 Å². The van der Waals surface area contributed by atoms with E-state index >= 15 is 0 Å². The van der Waals surface area contributed by atoms with Crippen LogP contribution in [0, 0.1) is 5.92 Å². The van der Waals surface area contributed by atoms with Gasteiger partial charge in [0.15, 0.2) is 5.11 Å². The molecule has 38 heavy (non-hydrogen) atoms. The number of fused-ring (bicyclic) bond motifs is 3. The number of thiocarbonyl (C=S) groups is 1. The molecule has 0 bridgehead atoms. The van der Waals surface area contributed by atoms with Gasteiger partial charge in [-0.2, -0.15) is 5.10 Å². The quantitative estimate of drug-likeness (QED) is 0.287. The molecule has 9 heteroatoms. The van der Waals surface area contributed by atoms with Crippen LogP contribution in [-0.4, -0.2) is 19.2 Å². The predicted molar refractivity (Wildman–Crippen MR) is 156 cm³/mol. The maximum absolute atomic E-state index is 13.0. The Morgan fingerprint density at radius 1 is 0.895 bits per heavy atom. The Bertz CT molecular complexity index is 1640. The predicted octanol–water partition coefficient (Wildman–Crippen LogP) is 6.15. The summed E-state index contributed by atoms with van der Waals surface area (Å²) in [6.07, 6.45) is 0.890. The summed E-state index contributed by atoms with van der Waals surface area (Å²) in [6, 6.07) is 32.0. The van der Waals surface area contributed by atoms with Crippen molar-refractivity contribution in [3.05, 3.63) is 125 Å². The van der Waals surface area contributed by atoms with Gasteiger partial charge in [-0.3, -0.25) is 9.73 Å². The monoisotopic (exact) mass is 558 g/mol. The molecule has 0 fully saturated rings. The van der Waals surface area contributed by atoms with E-state index in [9.17, 15) is 8.42 Å². The van der Waals surface area contributed by atoms with E-state index in [4.69, 9.17) is 28.9 Å². The molecule has 190 valence electrons. The third kappa shape index (κ3) is 4.67. The van der Waals surface area contributed by atoms with Gasteiger partial charge in [0.2, 0.25) is 0 Å². The SMILES string of the molecule is O=S(=O)(NC(=S)Nc1ccccc1)c1ccc(N2N=C3c4ccccc4CC3C2c2ccc(Cl)cc2)cc1. The molecule has 0 spiro atoms. The van der Waals surface area contributed by atoms with Gasteiger partial charge in [-0.15, -0.1) is 0 Å². The van der Waals surface area contributed by atoms with Crippen LogP contribution >= 0.6 is 23.8 Å². The number of anilines is 2. The van der Waals surface area contributed by atoms with Gasteiger partial charge in [0, 0.05) is 22.2 Å². The first kappa shape index (κ1) is 24.6. The normalized spacial score (nSPS) is 17.9. The van der Waals surface area contributed by atoms with E-state index in [-0.39, 0.29) is 22.0 Å². The van der Waals surface area contributed by atoms with Crippen molar-refractivity contribution < 1.29 is 8.42 Å². The van der Waals surface area contributed by atoms with Gasteiger partial charge < -0.3 is 5.32 Å². The zero-order valence-corrected chi connectivity index (χ0v) is 22.5. The molecule has 1 aliphatic heterocycles. The summed E-state index contributed by atoms with van der Waals surface area (Å²) in [5, 5.41) is 10.6. The van der Waals surface area contributed by atoms with Crippen LogP contribution in [0.2, 0.25) is 5.02 Å². The van der Waals surface area contributed by atoms with E-state index in [0.717, 1.165) is 23.4 Å². The Morgan fingerprint density at radius 2 is 1.58 bits per heavy atom. The van der Waals surface area contributed by atoms with Gasteiger partial charge in [0.1, 0.15) is 0 Å². The molecule has 2 N–H and O–H groups in total. The first-order valence-corrected chi connectivity index (χ1v) is 14.4. The number of sulfonamides is 1. The van der Waals surface area contributed by atoms with Crippen LogP contribution in [0.15, 0.2) is 113 Å². The van der Waals surface area contributed by atoms with Crippen molar-refractivity contribution in [2.75, 3.05) is 10.3 Å². The maximum atomic E-state index is 13.0. The molecule has 2 unspecified atom stereocenters. The van der Waals surface area contributed by atoms with Crippen molar-refractivity contribution in [3.63, 3.8) is 0 Å². The van der Waals surface area contributed by atoms with Crippen LogP contribution in [0.4, 0.5) is 11.4 Å². The fourth-order valence-corrected chi connectivity index (χ4v) is 6.59. The first-order valence-electron chi connectivity index (χ1n) is 12.1. The highest BCUT2D eigenvalue weighted by Crippen LogP contribution is 2.46. The molecular formula is C29H23ClN4O2S2. The molecule has 0 saturated heterocycles. The number of hydrogen-bond donors (Lipinski definition) is 2. The Morgan fingerprint density at radius 3 is 2.32 bits per heavy atom. The number of halogens is 1. The summed E-state index contributed by atoms with van der Waals surface area (Å²) in [6.45, 7) is 0. The lowest BCUT2D eigenvalue weighted by atomic mass is 9.90.